The van der Waals surface area contributed by atoms with Gasteiger partial charge in [0.15, 0.2) is 0 Å². The fourth-order valence-corrected chi connectivity index (χ4v) is 2.54. The third-order valence-corrected chi connectivity index (χ3v) is 3.66. The highest BCUT2D eigenvalue weighted by molar-refractivity contribution is 7.09. The Balaban J connectivity index is 0. The zero-order valence-corrected chi connectivity index (χ0v) is 16.1. The molecule has 0 fully saturated rings. The van der Waals surface area contributed by atoms with Crippen molar-refractivity contribution in [1.82, 2.24) is 15.6 Å². The second-order valence-corrected chi connectivity index (χ2v) is 6.59. The minimum atomic E-state index is 0. The van der Waals surface area contributed by atoms with E-state index in [0.29, 0.717) is 26.2 Å². The van der Waals surface area contributed by atoms with Crippen LogP contribution in [0.4, 0.5) is 0 Å². The molecule has 0 bridgehead atoms. The standard InChI is InChI=1S/C14H25N3O2S.2ClH/c1-14(2,3)11-10-20-13(17-11)5-6-16-12(18)9-15-7-8-19-4;;/h10,15H,5-9H2,1-4H3,(H,16,18);2*1H. The van der Waals surface area contributed by atoms with Crippen LogP contribution in [-0.4, -0.2) is 44.2 Å². The molecule has 1 amide bonds. The van der Waals surface area contributed by atoms with Crippen LogP contribution in [0.1, 0.15) is 31.5 Å². The third kappa shape index (κ3) is 9.58. The second-order valence-electron chi connectivity index (χ2n) is 5.65. The summed E-state index contributed by atoms with van der Waals surface area (Å²) in [5.74, 6) is 0.00806. The van der Waals surface area contributed by atoms with Crippen LogP contribution in [-0.2, 0) is 21.4 Å². The Bertz CT molecular complexity index is 422. The zero-order valence-electron chi connectivity index (χ0n) is 13.6. The molecule has 0 saturated carbocycles. The molecule has 1 rings (SSSR count). The largest absolute Gasteiger partial charge is 0.383 e. The van der Waals surface area contributed by atoms with E-state index in [4.69, 9.17) is 4.74 Å². The van der Waals surface area contributed by atoms with Gasteiger partial charge in [0.2, 0.25) is 5.91 Å². The van der Waals surface area contributed by atoms with Crippen molar-refractivity contribution in [3.63, 3.8) is 0 Å². The first-order valence-corrected chi connectivity index (χ1v) is 7.72. The molecule has 1 aromatic rings. The summed E-state index contributed by atoms with van der Waals surface area (Å²) in [6.07, 6.45) is 0.782. The number of rotatable bonds is 8. The van der Waals surface area contributed by atoms with Gasteiger partial charge in [-0.1, -0.05) is 20.8 Å². The lowest BCUT2D eigenvalue weighted by Crippen LogP contribution is -2.36. The monoisotopic (exact) mass is 371 g/mol. The Labute approximate surface area is 149 Å². The first-order valence-electron chi connectivity index (χ1n) is 6.84. The van der Waals surface area contributed by atoms with E-state index in [9.17, 15) is 4.79 Å². The molecule has 0 radical (unpaired) electrons. The van der Waals surface area contributed by atoms with Gasteiger partial charge in [-0.05, 0) is 0 Å². The fraction of sp³-hybridized carbons (Fsp3) is 0.714. The molecule has 0 spiro atoms. The molecule has 130 valence electrons. The van der Waals surface area contributed by atoms with Crippen molar-refractivity contribution in [2.45, 2.75) is 32.6 Å². The number of hydrogen-bond donors (Lipinski definition) is 2. The van der Waals surface area contributed by atoms with Gasteiger partial charge in [0.05, 0.1) is 23.9 Å². The SMILES string of the molecule is COCCNCC(=O)NCCc1nc(C(C)(C)C)cs1.Cl.Cl. The number of aromatic nitrogens is 1. The number of amides is 1. The lowest BCUT2D eigenvalue weighted by molar-refractivity contribution is -0.120. The van der Waals surface area contributed by atoms with E-state index >= 15 is 0 Å². The van der Waals surface area contributed by atoms with Crippen molar-refractivity contribution in [1.29, 1.82) is 0 Å². The van der Waals surface area contributed by atoms with Gasteiger partial charge < -0.3 is 15.4 Å². The molecule has 0 aliphatic rings. The highest BCUT2D eigenvalue weighted by atomic mass is 35.5. The van der Waals surface area contributed by atoms with Crippen LogP contribution in [0.3, 0.4) is 0 Å². The number of carbonyl (C=O) groups excluding carboxylic acids is 1. The van der Waals surface area contributed by atoms with Crippen molar-refractivity contribution in [2.75, 3.05) is 33.4 Å². The normalized spacial score (nSPS) is 10.5. The minimum Gasteiger partial charge on any atom is -0.383 e. The Hall–Kier alpha value is -0.400. The molecule has 22 heavy (non-hydrogen) atoms. The molecule has 2 N–H and O–H groups in total. The number of carbonyl (C=O) groups is 1. The molecule has 0 aromatic carbocycles. The lowest BCUT2D eigenvalue weighted by Gasteiger charge is -2.14. The van der Waals surface area contributed by atoms with Crippen LogP contribution in [0.2, 0.25) is 0 Å². The highest BCUT2D eigenvalue weighted by Crippen LogP contribution is 2.23. The number of thiazole rings is 1. The van der Waals surface area contributed by atoms with Crippen LogP contribution in [0.25, 0.3) is 0 Å². The van der Waals surface area contributed by atoms with E-state index in [1.807, 2.05) is 0 Å². The number of halogens is 2. The van der Waals surface area contributed by atoms with E-state index in [-0.39, 0.29) is 36.1 Å². The van der Waals surface area contributed by atoms with Crippen molar-refractivity contribution >= 4 is 42.1 Å². The molecule has 1 aromatic heterocycles. The smallest absolute Gasteiger partial charge is 0.233 e. The summed E-state index contributed by atoms with van der Waals surface area (Å²) in [5, 5.41) is 9.06. The van der Waals surface area contributed by atoms with Gasteiger partial charge in [0.1, 0.15) is 0 Å². The quantitative estimate of drug-likeness (QED) is 0.687. The molecule has 0 aliphatic heterocycles. The van der Waals surface area contributed by atoms with E-state index in [1.54, 1.807) is 18.4 Å². The van der Waals surface area contributed by atoms with Gasteiger partial charge in [-0.2, -0.15) is 0 Å². The first-order chi connectivity index (χ1) is 9.43. The first kappa shape index (κ1) is 23.9. The topological polar surface area (TPSA) is 63.2 Å². The van der Waals surface area contributed by atoms with Crippen LogP contribution in [0.5, 0.6) is 0 Å². The van der Waals surface area contributed by atoms with E-state index < -0.39 is 0 Å². The summed E-state index contributed by atoms with van der Waals surface area (Å²) in [6.45, 7) is 8.71. The van der Waals surface area contributed by atoms with Crippen LogP contribution in [0, 0.1) is 0 Å². The Morgan fingerprint density at radius 1 is 1.32 bits per heavy atom. The van der Waals surface area contributed by atoms with Gasteiger partial charge in [0.25, 0.3) is 0 Å². The molecule has 0 saturated heterocycles. The molecule has 5 nitrogen and oxygen atoms in total. The van der Waals surface area contributed by atoms with Gasteiger partial charge in [-0.25, -0.2) is 4.98 Å². The molecule has 0 aliphatic carbocycles. The molecular formula is C14H27Cl2N3O2S. The summed E-state index contributed by atoms with van der Waals surface area (Å²) in [7, 11) is 1.64. The maximum atomic E-state index is 11.5. The van der Waals surface area contributed by atoms with Gasteiger partial charge >= 0.3 is 0 Å². The van der Waals surface area contributed by atoms with Crippen LogP contribution in [0.15, 0.2) is 5.38 Å². The Kier molecular flexibility index (Phi) is 13.1. The summed E-state index contributed by atoms with van der Waals surface area (Å²) in [4.78, 5) is 16.1. The Morgan fingerprint density at radius 2 is 2.00 bits per heavy atom. The van der Waals surface area contributed by atoms with Gasteiger partial charge in [-0.15, -0.1) is 36.2 Å². The maximum absolute atomic E-state index is 11.5. The molecule has 0 unspecified atom stereocenters. The number of methoxy groups -OCH3 is 1. The van der Waals surface area contributed by atoms with Crippen molar-refractivity contribution in [3.8, 4) is 0 Å². The van der Waals surface area contributed by atoms with E-state index in [2.05, 4.69) is 41.8 Å². The number of hydrogen-bond acceptors (Lipinski definition) is 5. The lowest BCUT2D eigenvalue weighted by atomic mass is 9.93. The summed E-state index contributed by atoms with van der Waals surface area (Å²) in [6, 6.07) is 0. The highest BCUT2D eigenvalue weighted by Gasteiger charge is 2.17. The molecule has 0 atom stereocenters. The summed E-state index contributed by atoms with van der Waals surface area (Å²) in [5.41, 5.74) is 1.20. The predicted molar refractivity (Wildman–Crippen MR) is 96.8 cm³/mol. The molecular weight excluding hydrogens is 345 g/mol. The summed E-state index contributed by atoms with van der Waals surface area (Å²) >= 11 is 1.66. The van der Waals surface area contributed by atoms with E-state index in [1.165, 1.54) is 0 Å². The van der Waals surface area contributed by atoms with Gasteiger partial charge in [0, 0.05) is 37.4 Å². The minimum absolute atomic E-state index is 0. The van der Waals surface area contributed by atoms with Crippen molar-refractivity contribution in [2.24, 2.45) is 0 Å². The molecule has 8 heteroatoms. The van der Waals surface area contributed by atoms with Crippen molar-refractivity contribution in [3.05, 3.63) is 16.1 Å². The number of nitrogens with zero attached hydrogens (tertiary/aromatic N) is 1. The maximum Gasteiger partial charge on any atom is 0.233 e. The van der Waals surface area contributed by atoms with Gasteiger partial charge in [-0.3, -0.25) is 4.79 Å². The Morgan fingerprint density at radius 3 is 2.55 bits per heavy atom. The third-order valence-electron chi connectivity index (χ3n) is 2.75. The van der Waals surface area contributed by atoms with Crippen molar-refractivity contribution < 1.29 is 9.53 Å². The number of ether oxygens (including phenoxy) is 1. The average Bonchev–Trinajstić information content (AvgIpc) is 2.83. The predicted octanol–water partition coefficient (Wildman–Crippen LogP) is 2.18. The number of nitrogens with one attached hydrogen (secondary N) is 2. The summed E-state index contributed by atoms with van der Waals surface area (Å²) < 4.78 is 4.89. The fourth-order valence-electron chi connectivity index (χ4n) is 1.52. The van der Waals surface area contributed by atoms with Crippen LogP contribution >= 0.6 is 36.2 Å². The molecule has 1 heterocycles. The van der Waals surface area contributed by atoms with Crippen LogP contribution < -0.4 is 10.6 Å². The average molecular weight is 372 g/mol. The zero-order chi connectivity index (χ0) is 15.0. The second kappa shape index (κ2) is 12.1. The van der Waals surface area contributed by atoms with E-state index in [0.717, 1.165) is 17.1 Å².